The molecule has 30 heavy (non-hydrogen) atoms. The number of anilines is 1. The van der Waals surface area contributed by atoms with Crippen LogP contribution in [-0.4, -0.2) is 48.7 Å². The van der Waals surface area contributed by atoms with E-state index in [-0.39, 0.29) is 12.5 Å². The number of rotatable bonds is 6. The lowest BCUT2D eigenvalue weighted by molar-refractivity contribution is -0.118. The number of hydrogen-bond acceptors (Lipinski definition) is 6. The topological polar surface area (TPSA) is 63.7 Å². The molecule has 1 fully saturated rings. The Morgan fingerprint density at radius 2 is 1.97 bits per heavy atom. The third-order valence-corrected chi connectivity index (χ3v) is 6.52. The first-order valence-electron chi connectivity index (χ1n) is 9.87. The van der Waals surface area contributed by atoms with Gasteiger partial charge in [0.2, 0.25) is 0 Å². The molecule has 0 unspecified atom stereocenters. The lowest BCUT2D eigenvalue weighted by Gasteiger charge is -2.26. The number of hydrogen-bond donors (Lipinski definition) is 1. The highest BCUT2D eigenvalue weighted by molar-refractivity contribution is 7.22. The van der Waals surface area contributed by atoms with Crippen LogP contribution in [0, 0.1) is 13.8 Å². The van der Waals surface area contributed by atoms with Gasteiger partial charge < -0.3 is 9.47 Å². The second kappa shape index (κ2) is 9.31. The Bertz CT molecular complexity index is 1040. The van der Waals surface area contributed by atoms with Gasteiger partial charge in [0.05, 0.1) is 23.4 Å². The molecular weight excluding hydrogens is 422 g/mol. The molecule has 0 aliphatic carbocycles. The Morgan fingerprint density at radius 3 is 2.70 bits per heavy atom. The molecule has 158 valence electrons. The second-order valence-corrected chi connectivity index (χ2v) is 8.83. The summed E-state index contributed by atoms with van der Waals surface area (Å²) in [5, 5.41) is 4.13. The van der Waals surface area contributed by atoms with Gasteiger partial charge in [-0.25, -0.2) is 4.98 Å². The lowest BCUT2D eigenvalue weighted by atomic mass is 10.1. The van der Waals surface area contributed by atoms with Crippen LogP contribution >= 0.6 is 22.9 Å². The number of nitrogens with zero attached hydrogens (tertiary/aromatic N) is 2. The van der Waals surface area contributed by atoms with E-state index >= 15 is 0 Å². The molecule has 0 saturated carbocycles. The van der Waals surface area contributed by atoms with Gasteiger partial charge in [-0.15, -0.1) is 0 Å². The minimum atomic E-state index is -0.243. The van der Waals surface area contributed by atoms with Gasteiger partial charge in [0.1, 0.15) is 5.75 Å². The van der Waals surface area contributed by atoms with Gasteiger partial charge in [-0.1, -0.05) is 29.0 Å². The number of aromatic nitrogens is 1. The van der Waals surface area contributed by atoms with E-state index in [9.17, 15) is 4.79 Å². The molecule has 4 rings (SSSR count). The third-order valence-electron chi connectivity index (χ3n) is 4.99. The maximum atomic E-state index is 12.3. The average molecular weight is 446 g/mol. The first kappa shape index (κ1) is 21.1. The highest BCUT2D eigenvalue weighted by Gasteiger charge is 2.13. The van der Waals surface area contributed by atoms with Crippen molar-refractivity contribution in [3.05, 3.63) is 52.0 Å². The monoisotopic (exact) mass is 445 g/mol. The van der Waals surface area contributed by atoms with Crippen LogP contribution in [-0.2, 0) is 16.1 Å². The molecule has 1 aromatic heterocycles. The molecule has 2 aromatic carbocycles. The quantitative estimate of drug-likeness (QED) is 0.608. The van der Waals surface area contributed by atoms with Crippen molar-refractivity contribution in [1.82, 2.24) is 9.88 Å². The number of carbonyl (C=O) groups is 1. The van der Waals surface area contributed by atoms with Crippen LogP contribution in [0.1, 0.15) is 16.7 Å². The number of aryl methyl sites for hydroxylation is 2. The molecule has 1 saturated heterocycles. The summed E-state index contributed by atoms with van der Waals surface area (Å²) in [6.45, 7) is 8.12. The fourth-order valence-corrected chi connectivity index (χ4v) is 4.49. The smallest absolute Gasteiger partial charge is 0.264 e. The Labute approximate surface area is 184 Å². The number of nitrogens with one attached hydrogen (secondary N) is 1. The minimum absolute atomic E-state index is 0.0846. The van der Waals surface area contributed by atoms with Crippen molar-refractivity contribution in [2.75, 3.05) is 38.2 Å². The number of thiazole rings is 1. The summed E-state index contributed by atoms with van der Waals surface area (Å²) in [6, 6.07) is 9.91. The van der Waals surface area contributed by atoms with Gasteiger partial charge >= 0.3 is 0 Å². The first-order valence-corrected chi connectivity index (χ1v) is 11.1. The first-order chi connectivity index (χ1) is 14.5. The van der Waals surface area contributed by atoms with Crippen LogP contribution < -0.4 is 10.1 Å². The fourth-order valence-electron chi connectivity index (χ4n) is 3.43. The molecule has 0 spiro atoms. The Morgan fingerprint density at radius 1 is 1.23 bits per heavy atom. The van der Waals surface area contributed by atoms with E-state index in [1.165, 1.54) is 16.9 Å². The summed E-state index contributed by atoms with van der Waals surface area (Å²) in [5.74, 6) is 0.384. The summed E-state index contributed by atoms with van der Waals surface area (Å²) < 4.78 is 12.1. The lowest BCUT2D eigenvalue weighted by Crippen LogP contribution is -2.35. The Balaban J connectivity index is 1.36. The van der Waals surface area contributed by atoms with Crippen LogP contribution in [0.25, 0.3) is 10.2 Å². The highest BCUT2D eigenvalue weighted by Crippen LogP contribution is 2.28. The fraction of sp³-hybridized carbons (Fsp3) is 0.364. The average Bonchev–Trinajstić information content (AvgIpc) is 3.12. The van der Waals surface area contributed by atoms with Crippen LogP contribution in [0.4, 0.5) is 5.13 Å². The molecule has 0 atom stereocenters. The zero-order valence-corrected chi connectivity index (χ0v) is 18.6. The summed E-state index contributed by atoms with van der Waals surface area (Å²) in [6.07, 6.45) is 0. The number of halogens is 1. The third kappa shape index (κ3) is 5.10. The van der Waals surface area contributed by atoms with E-state index in [1.54, 1.807) is 0 Å². The molecule has 3 aromatic rings. The van der Waals surface area contributed by atoms with Crippen LogP contribution in [0.5, 0.6) is 5.75 Å². The normalized spacial score (nSPS) is 14.8. The largest absolute Gasteiger partial charge is 0.484 e. The molecule has 6 nitrogen and oxygen atoms in total. The van der Waals surface area contributed by atoms with E-state index in [0.29, 0.717) is 15.9 Å². The predicted molar refractivity (Wildman–Crippen MR) is 121 cm³/mol. The maximum absolute atomic E-state index is 12.3. The summed E-state index contributed by atoms with van der Waals surface area (Å²) >= 11 is 7.65. The molecule has 1 aliphatic rings. The standard InChI is InChI=1S/C22H24ClN3O3S/c1-14-9-17(10-15(2)21(14)23)29-13-20(27)25-22-24-18-4-3-16(11-19(18)30-22)12-26-5-7-28-8-6-26/h3-4,9-11H,5-8,12-13H2,1-2H3,(H,24,25,27). The van der Waals surface area contributed by atoms with Crippen molar-refractivity contribution >= 4 is 44.2 Å². The SMILES string of the molecule is Cc1cc(OCC(=O)Nc2nc3ccc(CN4CCOCC4)cc3s2)cc(C)c1Cl. The van der Waals surface area contributed by atoms with Crippen molar-refractivity contribution in [2.45, 2.75) is 20.4 Å². The van der Waals surface area contributed by atoms with E-state index < -0.39 is 0 Å². The molecule has 2 heterocycles. The van der Waals surface area contributed by atoms with Crippen molar-refractivity contribution in [1.29, 1.82) is 0 Å². The Kier molecular flexibility index (Phi) is 6.53. The van der Waals surface area contributed by atoms with Gasteiger partial charge in [0, 0.05) is 24.7 Å². The number of benzene rings is 2. The van der Waals surface area contributed by atoms with Crippen LogP contribution in [0.2, 0.25) is 5.02 Å². The maximum Gasteiger partial charge on any atom is 0.264 e. The van der Waals surface area contributed by atoms with Gasteiger partial charge in [-0.3, -0.25) is 15.0 Å². The summed E-state index contributed by atoms with van der Waals surface area (Å²) in [5.41, 5.74) is 3.96. The molecule has 0 radical (unpaired) electrons. The minimum Gasteiger partial charge on any atom is -0.484 e. The van der Waals surface area contributed by atoms with Gasteiger partial charge in [-0.2, -0.15) is 0 Å². The molecule has 1 amide bonds. The van der Waals surface area contributed by atoms with Gasteiger partial charge in [0.15, 0.2) is 11.7 Å². The van der Waals surface area contributed by atoms with E-state index in [0.717, 1.165) is 54.2 Å². The van der Waals surface area contributed by atoms with Crippen LogP contribution in [0.15, 0.2) is 30.3 Å². The van der Waals surface area contributed by atoms with E-state index in [4.69, 9.17) is 21.1 Å². The number of fused-ring (bicyclic) bond motifs is 1. The van der Waals surface area contributed by atoms with Gasteiger partial charge in [0.25, 0.3) is 5.91 Å². The second-order valence-electron chi connectivity index (χ2n) is 7.42. The molecule has 0 bridgehead atoms. The Hall–Kier alpha value is -2.19. The number of carbonyl (C=O) groups excluding carboxylic acids is 1. The van der Waals surface area contributed by atoms with E-state index in [1.807, 2.05) is 32.0 Å². The summed E-state index contributed by atoms with van der Waals surface area (Å²) in [7, 11) is 0. The zero-order valence-electron chi connectivity index (χ0n) is 17.0. The molecule has 1 aliphatic heterocycles. The molecule has 1 N–H and O–H groups in total. The predicted octanol–water partition coefficient (Wildman–Crippen LogP) is 4.42. The zero-order chi connectivity index (χ0) is 21.1. The highest BCUT2D eigenvalue weighted by atomic mass is 35.5. The molecule has 8 heteroatoms. The number of morpholine rings is 1. The van der Waals surface area contributed by atoms with Crippen molar-refractivity contribution < 1.29 is 14.3 Å². The number of amides is 1. The molecular formula is C22H24ClN3O3S. The van der Waals surface area contributed by atoms with Gasteiger partial charge in [-0.05, 0) is 54.8 Å². The van der Waals surface area contributed by atoms with E-state index in [2.05, 4.69) is 27.3 Å². The van der Waals surface area contributed by atoms with Crippen LogP contribution in [0.3, 0.4) is 0 Å². The summed E-state index contributed by atoms with van der Waals surface area (Å²) in [4.78, 5) is 19.2. The van der Waals surface area contributed by atoms with Crippen molar-refractivity contribution in [3.8, 4) is 5.75 Å². The van der Waals surface area contributed by atoms with Crippen molar-refractivity contribution in [2.24, 2.45) is 0 Å². The number of ether oxygens (including phenoxy) is 2. The van der Waals surface area contributed by atoms with Crippen molar-refractivity contribution in [3.63, 3.8) is 0 Å².